The van der Waals surface area contributed by atoms with Crippen molar-refractivity contribution in [1.82, 2.24) is 20.1 Å². The molecule has 40 heavy (non-hydrogen) atoms. The number of carbonyl (C=O) groups excluding carboxylic acids is 1. The molecule has 1 aliphatic heterocycles. The normalized spacial score (nSPS) is 13.7. The van der Waals surface area contributed by atoms with Gasteiger partial charge in [-0.25, -0.2) is 0 Å². The first-order valence-corrected chi connectivity index (χ1v) is 13.5. The number of H-pyrrole nitrogens is 1. The van der Waals surface area contributed by atoms with Crippen molar-refractivity contribution in [2.75, 3.05) is 44.2 Å². The van der Waals surface area contributed by atoms with Crippen molar-refractivity contribution in [2.24, 2.45) is 5.73 Å². The van der Waals surface area contributed by atoms with Crippen LogP contribution in [0.5, 0.6) is 5.75 Å². The van der Waals surface area contributed by atoms with Crippen LogP contribution in [0.4, 0.5) is 5.69 Å². The van der Waals surface area contributed by atoms with Crippen LogP contribution in [0.25, 0.3) is 33.8 Å². The number of carbonyl (C=O) groups is 1. The zero-order chi connectivity index (χ0) is 27.5. The highest BCUT2D eigenvalue weighted by molar-refractivity contribution is 5.85. The number of aromatic amines is 1. The zero-order valence-electron chi connectivity index (χ0n) is 22.5. The summed E-state index contributed by atoms with van der Waals surface area (Å²) in [7, 11) is 0. The lowest BCUT2D eigenvalue weighted by Gasteiger charge is -2.36. The number of nitrogens with one attached hydrogen (secondary N) is 1. The molecule has 1 aliphatic rings. The van der Waals surface area contributed by atoms with Crippen molar-refractivity contribution < 1.29 is 13.9 Å². The van der Waals surface area contributed by atoms with Crippen molar-refractivity contribution in [1.29, 1.82) is 0 Å². The summed E-state index contributed by atoms with van der Waals surface area (Å²) in [6.07, 6.45) is 2.77. The number of hydrogen-bond acceptors (Lipinski definition) is 7. The van der Waals surface area contributed by atoms with E-state index < -0.39 is 0 Å². The Kier molecular flexibility index (Phi) is 7.20. The van der Waals surface area contributed by atoms with Crippen LogP contribution in [0, 0.1) is 6.92 Å². The first-order chi connectivity index (χ1) is 19.6. The topological polar surface area (TPSA) is 114 Å². The maximum absolute atomic E-state index is 12.9. The summed E-state index contributed by atoms with van der Waals surface area (Å²) < 4.78 is 11.8. The second-order valence-corrected chi connectivity index (χ2v) is 10.0. The molecule has 0 spiro atoms. The average Bonchev–Trinajstić information content (AvgIpc) is 3.65. The number of anilines is 1. The van der Waals surface area contributed by atoms with Gasteiger partial charge in [-0.2, -0.15) is 0 Å². The molecule has 204 valence electrons. The SMILES string of the molecule is Cc1ccc(-c2nnc(-c3ccc(N4CCN(C(=O)COc5ccc6[nH]cc(CCN)c6c5)CC4)cc3)o2)cc1. The molecular formula is C31H32N6O3. The highest BCUT2D eigenvalue weighted by Gasteiger charge is 2.22. The van der Waals surface area contributed by atoms with Crippen molar-refractivity contribution in [3.8, 4) is 28.7 Å². The molecule has 0 aliphatic carbocycles. The largest absolute Gasteiger partial charge is 0.484 e. The molecule has 2 aromatic heterocycles. The minimum absolute atomic E-state index is 0.00730. The van der Waals surface area contributed by atoms with Gasteiger partial charge in [0.2, 0.25) is 11.8 Å². The maximum Gasteiger partial charge on any atom is 0.260 e. The van der Waals surface area contributed by atoms with Gasteiger partial charge in [0, 0.05) is 60.1 Å². The molecule has 3 N–H and O–H groups in total. The molecule has 9 heteroatoms. The zero-order valence-corrected chi connectivity index (χ0v) is 22.5. The molecule has 6 rings (SSSR count). The molecule has 0 radical (unpaired) electrons. The molecule has 0 saturated carbocycles. The molecule has 0 atom stereocenters. The second-order valence-electron chi connectivity index (χ2n) is 10.0. The third kappa shape index (κ3) is 5.41. The predicted molar refractivity (Wildman–Crippen MR) is 155 cm³/mol. The van der Waals surface area contributed by atoms with E-state index in [1.807, 2.05) is 72.6 Å². The number of nitrogens with zero attached hydrogens (tertiary/aromatic N) is 4. The number of aryl methyl sites for hydroxylation is 1. The van der Waals surface area contributed by atoms with Crippen LogP contribution in [0.2, 0.25) is 0 Å². The third-order valence-corrected chi connectivity index (χ3v) is 7.35. The van der Waals surface area contributed by atoms with E-state index in [2.05, 4.69) is 32.2 Å². The highest BCUT2D eigenvalue weighted by atomic mass is 16.5. The molecule has 3 aromatic carbocycles. The number of rotatable bonds is 8. The smallest absolute Gasteiger partial charge is 0.260 e. The van der Waals surface area contributed by atoms with Gasteiger partial charge in [-0.15, -0.1) is 10.2 Å². The molecule has 3 heterocycles. The number of benzene rings is 3. The summed E-state index contributed by atoms with van der Waals surface area (Å²) in [5, 5.41) is 9.52. The fourth-order valence-corrected chi connectivity index (χ4v) is 5.03. The van der Waals surface area contributed by atoms with Crippen LogP contribution in [0.1, 0.15) is 11.1 Å². The monoisotopic (exact) mass is 536 g/mol. The number of aromatic nitrogens is 3. The minimum atomic E-state index is -0.00730. The van der Waals surface area contributed by atoms with Crippen LogP contribution in [-0.2, 0) is 11.2 Å². The average molecular weight is 537 g/mol. The Hall–Kier alpha value is -4.63. The Balaban J connectivity index is 1.02. The van der Waals surface area contributed by atoms with E-state index >= 15 is 0 Å². The van der Waals surface area contributed by atoms with E-state index in [9.17, 15) is 4.79 Å². The van der Waals surface area contributed by atoms with Gasteiger partial charge >= 0.3 is 0 Å². The Morgan fingerprint density at radius 3 is 2.30 bits per heavy atom. The Morgan fingerprint density at radius 1 is 0.950 bits per heavy atom. The Labute approximate surface area is 232 Å². The number of piperazine rings is 1. The van der Waals surface area contributed by atoms with E-state index in [1.54, 1.807) is 0 Å². The Morgan fingerprint density at radius 2 is 1.62 bits per heavy atom. The fourth-order valence-electron chi connectivity index (χ4n) is 5.03. The lowest BCUT2D eigenvalue weighted by Crippen LogP contribution is -2.50. The summed E-state index contributed by atoms with van der Waals surface area (Å²) in [6, 6.07) is 21.9. The predicted octanol–water partition coefficient (Wildman–Crippen LogP) is 4.42. The van der Waals surface area contributed by atoms with Crippen molar-refractivity contribution in [2.45, 2.75) is 13.3 Å². The van der Waals surface area contributed by atoms with Crippen LogP contribution in [-0.4, -0.2) is 65.3 Å². The van der Waals surface area contributed by atoms with Crippen molar-refractivity contribution in [3.63, 3.8) is 0 Å². The lowest BCUT2D eigenvalue weighted by molar-refractivity contribution is -0.133. The van der Waals surface area contributed by atoms with Crippen molar-refractivity contribution in [3.05, 3.63) is 84.1 Å². The maximum atomic E-state index is 12.9. The van der Waals surface area contributed by atoms with E-state index in [4.69, 9.17) is 14.9 Å². The summed E-state index contributed by atoms with van der Waals surface area (Å²) in [4.78, 5) is 20.3. The quantitative estimate of drug-likeness (QED) is 0.302. The van der Waals surface area contributed by atoms with Crippen molar-refractivity contribution >= 4 is 22.5 Å². The van der Waals surface area contributed by atoms with Gasteiger partial charge in [-0.05, 0) is 80.1 Å². The van der Waals surface area contributed by atoms with Gasteiger partial charge < -0.3 is 29.7 Å². The Bertz CT molecular complexity index is 1600. The van der Waals surface area contributed by atoms with E-state index in [0.29, 0.717) is 37.2 Å². The number of fused-ring (bicyclic) bond motifs is 1. The summed E-state index contributed by atoms with van der Waals surface area (Å²) in [6.45, 7) is 5.44. The molecule has 1 fully saturated rings. The molecule has 1 amide bonds. The first kappa shape index (κ1) is 25.6. The molecule has 9 nitrogen and oxygen atoms in total. The van der Waals surface area contributed by atoms with Gasteiger partial charge in [-0.3, -0.25) is 4.79 Å². The molecule has 0 bridgehead atoms. The van der Waals surface area contributed by atoms with Gasteiger partial charge in [0.1, 0.15) is 5.75 Å². The second kappa shape index (κ2) is 11.2. The molecule has 1 saturated heterocycles. The van der Waals surface area contributed by atoms with Gasteiger partial charge in [0.15, 0.2) is 6.61 Å². The molecular weight excluding hydrogens is 504 g/mol. The summed E-state index contributed by atoms with van der Waals surface area (Å²) >= 11 is 0. The summed E-state index contributed by atoms with van der Waals surface area (Å²) in [5.74, 6) is 1.67. The number of hydrogen-bond donors (Lipinski definition) is 2. The van der Waals surface area contributed by atoms with Crippen LogP contribution < -0.4 is 15.4 Å². The molecule has 5 aromatic rings. The summed E-state index contributed by atoms with van der Waals surface area (Å²) in [5.41, 5.74) is 12.0. The van der Waals surface area contributed by atoms with Crippen LogP contribution in [0.15, 0.2) is 77.3 Å². The third-order valence-electron chi connectivity index (χ3n) is 7.35. The van der Waals surface area contributed by atoms with Gasteiger partial charge in [0.05, 0.1) is 0 Å². The van der Waals surface area contributed by atoms with Gasteiger partial charge in [0.25, 0.3) is 5.91 Å². The number of ether oxygens (including phenoxy) is 1. The number of amides is 1. The number of nitrogens with two attached hydrogens (primary N) is 1. The van der Waals surface area contributed by atoms with E-state index in [1.165, 1.54) is 5.56 Å². The standard InChI is InChI=1S/C31H32N6O3/c1-21-2-4-22(5-3-21)30-34-35-31(40-30)23-6-8-25(9-7-23)36-14-16-37(17-15-36)29(38)20-39-26-10-11-28-27(18-26)24(12-13-32)19-33-28/h2-11,18-19,33H,12-17,20,32H2,1H3. The molecule has 0 unspecified atom stereocenters. The van der Waals surface area contributed by atoms with E-state index in [-0.39, 0.29) is 12.5 Å². The van der Waals surface area contributed by atoms with Crippen LogP contribution >= 0.6 is 0 Å². The van der Waals surface area contributed by atoms with E-state index in [0.717, 1.165) is 52.8 Å². The first-order valence-electron chi connectivity index (χ1n) is 13.5. The highest BCUT2D eigenvalue weighted by Crippen LogP contribution is 2.27. The minimum Gasteiger partial charge on any atom is -0.484 e. The fraction of sp³-hybridized carbons (Fsp3) is 0.258. The lowest BCUT2D eigenvalue weighted by atomic mass is 10.1. The van der Waals surface area contributed by atoms with Gasteiger partial charge in [-0.1, -0.05) is 17.7 Å². The van der Waals surface area contributed by atoms with Crippen LogP contribution in [0.3, 0.4) is 0 Å².